The summed E-state index contributed by atoms with van der Waals surface area (Å²) in [6, 6.07) is 9.44. The first kappa shape index (κ1) is 27.3. The third-order valence-electron chi connectivity index (χ3n) is 6.48. The maximum atomic E-state index is 13.3. The summed E-state index contributed by atoms with van der Waals surface area (Å²) in [5.74, 6) is 0.364. The second-order valence-corrected chi connectivity index (χ2v) is 9.04. The van der Waals surface area contributed by atoms with E-state index >= 15 is 0 Å². The number of unbranched alkanes of at least 4 members (excludes halogenated alkanes) is 2. The van der Waals surface area contributed by atoms with Crippen molar-refractivity contribution in [2.75, 3.05) is 46.7 Å². The van der Waals surface area contributed by atoms with E-state index in [9.17, 15) is 14.7 Å². The van der Waals surface area contributed by atoms with Crippen LogP contribution in [0.5, 0.6) is 23.0 Å². The van der Waals surface area contributed by atoms with Gasteiger partial charge in [-0.2, -0.15) is 0 Å². The summed E-state index contributed by atoms with van der Waals surface area (Å²) >= 11 is 0. The van der Waals surface area contributed by atoms with E-state index in [2.05, 4.69) is 6.92 Å². The van der Waals surface area contributed by atoms with Crippen LogP contribution in [0, 0.1) is 0 Å². The van der Waals surface area contributed by atoms with Crippen LogP contribution in [-0.4, -0.2) is 68.4 Å². The molecule has 2 aromatic rings. The Morgan fingerprint density at radius 3 is 2.50 bits per heavy atom. The van der Waals surface area contributed by atoms with Gasteiger partial charge in [-0.25, -0.2) is 0 Å². The van der Waals surface area contributed by atoms with Gasteiger partial charge in [-0.15, -0.1) is 0 Å². The van der Waals surface area contributed by atoms with Gasteiger partial charge in [-0.05, 0) is 49.2 Å². The SMILES string of the molecule is CCCCCOc1ccc(C2C(=C(O)c3ccc4c(c3)OCCO4)C(=O)C(=O)N2CCOC)cc1OCC. The monoisotopic (exact) mass is 525 g/mol. The molecule has 9 heteroatoms. The van der Waals surface area contributed by atoms with Gasteiger partial charge in [0.15, 0.2) is 23.0 Å². The number of ketones is 1. The number of methoxy groups -OCH3 is 1. The standard InChI is InChI=1S/C29H35NO8/c1-4-6-7-13-36-21-10-8-19(17-23(21)35-5-2)26-25(28(32)29(33)30(26)12-14-34-3)27(31)20-9-11-22-24(18-20)38-16-15-37-22/h8-11,17-18,26,31H,4-7,12-16H2,1-3H3. The highest BCUT2D eigenvalue weighted by atomic mass is 16.6. The maximum absolute atomic E-state index is 13.3. The number of benzene rings is 2. The highest BCUT2D eigenvalue weighted by molar-refractivity contribution is 6.46. The molecule has 0 radical (unpaired) electrons. The van der Waals surface area contributed by atoms with E-state index in [0.717, 1.165) is 19.3 Å². The van der Waals surface area contributed by atoms with Crippen molar-refractivity contribution in [3.05, 3.63) is 53.1 Å². The fraction of sp³-hybridized carbons (Fsp3) is 0.448. The molecule has 1 atom stereocenters. The molecule has 1 amide bonds. The zero-order valence-corrected chi connectivity index (χ0v) is 22.2. The fourth-order valence-corrected chi connectivity index (χ4v) is 4.61. The number of fused-ring (bicyclic) bond motifs is 1. The minimum atomic E-state index is -0.841. The Kier molecular flexibility index (Phi) is 9.12. The maximum Gasteiger partial charge on any atom is 0.295 e. The summed E-state index contributed by atoms with van der Waals surface area (Å²) < 4.78 is 28.2. The molecule has 4 rings (SSSR count). The number of ether oxygens (including phenoxy) is 5. The number of carbonyl (C=O) groups excluding carboxylic acids is 2. The van der Waals surface area contributed by atoms with E-state index < -0.39 is 17.7 Å². The van der Waals surface area contributed by atoms with Crippen LogP contribution >= 0.6 is 0 Å². The molecule has 0 spiro atoms. The van der Waals surface area contributed by atoms with Gasteiger partial charge in [0.1, 0.15) is 19.0 Å². The number of amides is 1. The molecule has 2 aliphatic heterocycles. The molecule has 9 nitrogen and oxygen atoms in total. The van der Waals surface area contributed by atoms with E-state index in [1.54, 1.807) is 36.4 Å². The van der Waals surface area contributed by atoms with Gasteiger partial charge in [-0.3, -0.25) is 9.59 Å². The number of hydrogen-bond donors (Lipinski definition) is 1. The van der Waals surface area contributed by atoms with E-state index in [0.29, 0.717) is 60.6 Å². The third-order valence-corrected chi connectivity index (χ3v) is 6.48. The lowest BCUT2D eigenvalue weighted by Crippen LogP contribution is -2.32. The minimum absolute atomic E-state index is 0.0122. The summed E-state index contributed by atoms with van der Waals surface area (Å²) in [6.45, 7) is 6.19. The molecular weight excluding hydrogens is 490 g/mol. The predicted molar refractivity (Wildman–Crippen MR) is 141 cm³/mol. The van der Waals surface area contributed by atoms with Crippen molar-refractivity contribution in [2.24, 2.45) is 0 Å². The van der Waals surface area contributed by atoms with Crippen molar-refractivity contribution in [3.8, 4) is 23.0 Å². The first-order valence-corrected chi connectivity index (χ1v) is 13.1. The Morgan fingerprint density at radius 2 is 1.76 bits per heavy atom. The number of nitrogens with zero attached hydrogens (tertiary/aromatic N) is 1. The lowest BCUT2D eigenvalue weighted by molar-refractivity contribution is -0.140. The normalized spacial score (nSPS) is 18.1. The molecule has 0 aliphatic carbocycles. The van der Waals surface area contributed by atoms with Crippen LogP contribution in [0.4, 0.5) is 0 Å². The van der Waals surface area contributed by atoms with Gasteiger partial charge in [-0.1, -0.05) is 25.8 Å². The van der Waals surface area contributed by atoms with Crippen molar-refractivity contribution < 1.29 is 38.4 Å². The Bertz CT molecular complexity index is 1190. The highest BCUT2D eigenvalue weighted by Gasteiger charge is 2.46. The summed E-state index contributed by atoms with van der Waals surface area (Å²) in [4.78, 5) is 27.8. The zero-order chi connectivity index (χ0) is 27.1. The highest BCUT2D eigenvalue weighted by Crippen LogP contribution is 2.43. The molecule has 0 aromatic heterocycles. The van der Waals surface area contributed by atoms with Gasteiger partial charge >= 0.3 is 0 Å². The third kappa shape index (κ3) is 5.72. The number of hydrogen-bond acceptors (Lipinski definition) is 8. The Balaban J connectivity index is 1.77. The summed E-state index contributed by atoms with van der Waals surface area (Å²) in [5.41, 5.74) is 0.954. The fourth-order valence-electron chi connectivity index (χ4n) is 4.61. The largest absolute Gasteiger partial charge is 0.507 e. The van der Waals surface area contributed by atoms with Crippen molar-refractivity contribution >= 4 is 17.4 Å². The molecule has 2 aromatic carbocycles. The first-order chi connectivity index (χ1) is 18.5. The number of Topliss-reactive ketones (excluding diaryl/α,β-unsaturated/α-hetero) is 1. The average molecular weight is 526 g/mol. The van der Waals surface area contributed by atoms with E-state index in [1.165, 1.54) is 12.0 Å². The molecule has 0 bridgehead atoms. The molecule has 2 aliphatic rings. The zero-order valence-electron chi connectivity index (χ0n) is 22.2. The number of aliphatic hydroxyl groups excluding tert-OH is 1. The number of aliphatic hydroxyl groups is 1. The van der Waals surface area contributed by atoms with Gasteiger partial charge in [0.25, 0.3) is 11.7 Å². The van der Waals surface area contributed by atoms with Crippen LogP contribution in [0.25, 0.3) is 5.76 Å². The predicted octanol–water partition coefficient (Wildman–Crippen LogP) is 4.49. The lowest BCUT2D eigenvalue weighted by atomic mass is 9.94. The molecule has 1 unspecified atom stereocenters. The van der Waals surface area contributed by atoms with Crippen LogP contribution in [0.15, 0.2) is 42.0 Å². The molecular formula is C29H35NO8. The van der Waals surface area contributed by atoms with Gasteiger partial charge in [0.2, 0.25) is 0 Å². The minimum Gasteiger partial charge on any atom is -0.507 e. The molecule has 1 N–H and O–H groups in total. The second-order valence-electron chi connectivity index (χ2n) is 9.04. The molecule has 1 saturated heterocycles. The van der Waals surface area contributed by atoms with Crippen LogP contribution < -0.4 is 18.9 Å². The van der Waals surface area contributed by atoms with E-state index in [-0.39, 0.29) is 24.5 Å². The van der Waals surface area contributed by atoms with E-state index in [1.807, 2.05) is 6.92 Å². The molecule has 204 valence electrons. The van der Waals surface area contributed by atoms with Crippen molar-refractivity contribution in [2.45, 2.75) is 39.2 Å². The summed E-state index contributed by atoms with van der Waals surface area (Å²) in [7, 11) is 1.53. The number of rotatable bonds is 12. The number of likely N-dealkylation sites (tertiary alicyclic amines) is 1. The quantitative estimate of drug-likeness (QED) is 0.187. The van der Waals surface area contributed by atoms with Gasteiger partial charge in [0.05, 0.1) is 31.4 Å². The second kappa shape index (κ2) is 12.7. The average Bonchev–Trinajstić information content (AvgIpc) is 3.19. The van der Waals surface area contributed by atoms with Gasteiger partial charge in [0, 0.05) is 19.2 Å². The summed E-state index contributed by atoms with van der Waals surface area (Å²) in [6.07, 6.45) is 3.08. The van der Waals surface area contributed by atoms with Crippen LogP contribution in [0.3, 0.4) is 0 Å². The Hall–Kier alpha value is -3.72. The lowest BCUT2D eigenvalue weighted by Gasteiger charge is -2.26. The smallest absolute Gasteiger partial charge is 0.295 e. The molecule has 0 saturated carbocycles. The Labute approximate surface area is 222 Å². The van der Waals surface area contributed by atoms with Crippen molar-refractivity contribution in [1.82, 2.24) is 4.90 Å². The van der Waals surface area contributed by atoms with Crippen molar-refractivity contribution in [3.63, 3.8) is 0 Å². The topological polar surface area (TPSA) is 104 Å². The first-order valence-electron chi connectivity index (χ1n) is 13.1. The molecule has 1 fully saturated rings. The van der Waals surface area contributed by atoms with Crippen LogP contribution in [-0.2, 0) is 14.3 Å². The van der Waals surface area contributed by atoms with Gasteiger partial charge < -0.3 is 33.7 Å². The van der Waals surface area contributed by atoms with Crippen LogP contribution in [0.2, 0.25) is 0 Å². The Morgan fingerprint density at radius 1 is 0.974 bits per heavy atom. The van der Waals surface area contributed by atoms with Crippen LogP contribution in [0.1, 0.15) is 50.3 Å². The number of carbonyl (C=O) groups is 2. The molecule has 38 heavy (non-hydrogen) atoms. The molecule has 2 heterocycles. The summed E-state index contributed by atoms with van der Waals surface area (Å²) in [5, 5.41) is 11.4. The van der Waals surface area contributed by atoms with Crippen molar-refractivity contribution in [1.29, 1.82) is 0 Å². The van der Waals surface area contributed by atoms with E-state index in [4.69, 9.17) is 23.7 Å².